The highest BCUT2D eigenvalue weighted by molar-refractivity contribution is 7.92. The number of aromatic nitrogens is 1. The standard InChI is InChI=1S/C14H13N3O6S2/c1-17-12-7-6-11(8-13(12)23-14(17)18)25(21,22)16-9-2-4-10(5-3-9)24(15,19)20/h2-8,16H,1H3,(H2,15,19,20). The molecule has 0 bridgehead atoms. The van der Waals surface area contributed by atoms with Gasteiger partial charge in [-0.1, -0.05) is 0 Å². The molecule has 25 heavy (non-hydrogen) atoms. The van der Waals surface area contributed by atoms with Gasteiger partial charge in [-0.15, -0.1) is 0 Å². The molecule has 0 unspecified atom stereocenters. The van der Waals surface area contributed by atoms with Gasteiger partial charge in [0.1, 0.15) is 0 Å². The molecule has 2 aromatic carbocycles. The molecule has 0 fully saturated rings. The number of hydrogen-bond acceptors (Lipinski definition) is 6. The summed E-state index contributed by atoms with van der Waals surface area (Å²) in [6, 6.07) is 8.95. The third-order valence-corrected chi connectivity index (χ3v) is 5.82. The number of hydrogen-bond donors (Lipinski definition) is 2. The number of sulfonamides is 2. The van der Waals surface area contributed by atoms with Crippen LogP contribution < -0.4 is 15.6 Å². The van der Waals surface area contributed by atoms with Gasteiger partial charge in [0.2, 0.25) is 10.0 Å². The lowest BCUT2D eigenvalue weighted by Crippen LogP contribution is -2.14. The lowest BCUT2D eigenvalue weighted by molar-refractivity contribution is 0.527. The molecule has 1 heterocycles. The molecule has 0 saturated carbocycles. The van der Waals surface area contributed by atoms with Gasteiger partial charge in [0.15, 0.2) is 5.58 Å². The van der Waals surface area contributed by atoms with E-state index in [1.54, 1.807) is 0 Å². The van der Waals surface area contributed by atoms with Crippen LogP contribution in [-0.4, -0.2) is 21.4 Å². The van der Waals surface area contributed by atoms with E-state index in [1.807, 2.05) is 0 Å². The zero-order valence-corrected chi connectivity index (χ0v) is 14.5. The van der Waals surface area contributed by atoms with Crippen LogP contribution in [0.25, 0.3) is 11.1 Å². The highest BCUT2D eigenvalue weighted by atomic mass is 32.2. The Morgan fingerprint density at radius 2 is 1.60 bits per heavy atom. The van der Waals surface area contributed by atoms with Gasteiger partial charge in [0.05, 0.1) is 15.3 Å². The molecular weight excluding hydrogens is 370 g/mol. The number of anilines is 1. The quantitative estimate of drug-likeness (QED) is 0.675. The van der Waals surface area contributed by atoms with Gasteiger partial charge in [-0.3, -0.25) is 9.29 Å². The number of benzene rings is 2. The topological polar surface area (TPSA) is 141 Å². The van der Waals surface area contributed by atoms with Crippen molar-refractivity contribution >= 4 is 36.8 Å². The van der Waals surface area contributed by atoms with Crippen LogP contribution in [0.3, 0.4) is 0 Å². The summed E-state index contributed by atoms with van der Waals surface area (Å²) in [5.74, 6) is -0.601. The van der Waals surface area contributed by atoms with Crippen molar-refractivity contribution in [1.82, 2.24) is 4.57 Å². The Labute approximate surface area is 142 Å². The molecule has 0 spiro atoms. The number of nitrogens with zero attached hydrogens (tertiary/aromatic N) is 1. The molecule has 0 amide bonds. The number of primary sulfonamides is 1. The predicted molar refractivity (Wildman–Crippen MR) is 90.1 cm³/mol. The molecule has 0 aliphatic heterocycles. The Morgan fingerprint density at radius 1 is 1.00 bits per heavy atom. The van der Waals surface area contributed by atoms with Crippen molar-refractivity contribution in [2.75, 3.05) is 4.72 Å². The second-order valence-electron chi connectivity index (χ2n) is 5.23. The van der Waals surface area contributed by atoms with Crippen LogP contribution in [0.15, 0.2) is 61.5 Å². The maximum absolute atomic E-state index is 12.4. The summed E-state index contributed by atoms with van der Waals surface area (Å²) in [4.78, 5) is 11.2. The summed E-state index contributed by atoms with van der Waals surface area (Å²) in [6.45, 7) is 0. The number of rotatable bonds is 4. The van der Waals surface area contributed by atoms with Crippen molar-refractivity contribution < 1.29 is 21.3 Å². The molecule has 11 heteroatoms. The van der Waals surface area contributed by atoms with Crippen molar-refractivity contribution in [1.29, 1.82) is 0 Å². The lowest BCUT2D eigenvalue weighted by Gasteiger charge is -2.08. The van der Waals surface area contributed by atoms with E-state index in [4.69, 9.17) is 9.56 Å². The second kappa shape index (κ2) is 5.72. The lowest BCUT2D eigenvalue weighted by atomic mass is 10.3. The Bertz CT molecular complexity index is 1220. The van der Waals surface area contributed by atoms with Gasteiger partial charge in [-0.25, -0.2) is 26.8 Å². The van der Waals surface area contributed by atoms with Crippen molar-refractivity contribution in [3.63, 3.8) is 0 Å². The first-order valence-corrected chi connectivity index (χ1v) is 9.86. The average Bonchev–Trinajstić information content (AvgIpc) is 2.81. The van der Waals surface area contributed by atoms with Gasteiger partial charge in [-0.05, 0) is 36.4 Å². The number of fused-ring (bicyclic) bond motifs is 1. The Hall–Kier alpha value is -2.63. The molecule has 0 radical (unpaired) electrons. The van der Waals surface area contributed by atoms with Crippen molar-refractivity contribution in [2.24, 2.45) is 12.2 Å². The zero-order chi connectivity index (χ0) is 18.4. The fourth-order valence-electron chi connectivity index (χ4n) is 2.21. The van der Waals surface area contributed by atoms with E-state index in [-0.39, 0.29) is 21.1 Å². The van der Waals surface area contributed by atoms with Gasteiger partial charge in [-0.2, -0.15) is 0 Å². The normalized spacial score (nSPS) is 12.4. The van der Waals surface area contributed by atoms with Crippen molar-refractivity contribution in [3.05, 3.63) is 53.0 Å². The van der Waals surface area contributed by atoms with Crippen molar-refractivity contribution in [2.45, 2.75) is 9.79 Å². The van der Waals surface area contributed by atoms with Gasteiger partial charge < -0.3 is 4.42 Å². The van der Waals surface area contributed by atoms with E-state index in [0.29, 0.717) is 5.52 Å². The minimum absolute atomic E-state index is 0.107. The molecule has 1 aromatic heterocycles. The average molecular weight is 383 g/mol. The summed E-state index contributed by atoms with van der Waals surface area (Å²) < 4.78 is 55.8. The number of oxazole rings is 1. The van der Waals surface area contributed by atoms with Gasteiger partial charge in [0, 0.05) is 18.8 Å². The van der Waals surface area contributed by atoms with E-state index in [2.05, 4.69) is 4.72 Å². The summed E-state index contributed by atoms with van der Waals surface area (Å²) >= 11 is 0. The van der Waals surface area contributed by atoms with E-state index >= 15 is 0 Å². The molecule has 3 rings (SSSR count). The minimum Gasteiger partial charge on any atom is -0.408 e. The summed E-state index contributed by atoms with van der Waals surface area (Å²) in [7, 11) is -6.31. The van der Waals surface area contributed by atoms with E-state index in [9.17, 15) is 21.6 Å². The van der Waals surface area contributed by atoms with E-state index in [0.717, 1.165) is 0 Å². The smallest absolute Gasteiger partial charge is 0.408 e. The monoisotopic (exact) mass is 383 g/mol. The second-order valence-corrected chi connectivity index (χ2v) is 8.48. The molecule has 3 N–H and O–H groups in total. The molecule has 132 valence electrons. The van der Waals surface area contributed by atoms with Crippen molar-refractivity contribution in [3.8, 4) is 0 Å². The third kappa shape index (κ3) is 3.29. The van der Waals surface area contributed by atoms with E-state index < -0.39 is 25.8 Å². The first-order valence-electron chi connectivity index (χ1n) is 6.83. The molecular formula is C14H13N3O6S2. The fourth-order valence-corrected chi connectivity index (χ4v) is 3.80. The Balaban J connectivity index is 1.95. The molecule has 9 nitrogen and oxygen atoms in total. The van der Waals surface area contributed by atoms with E-state index in [1.165, 1.54) is 54.1 Å². The minimum atomic E-state index is -3.96. The molecule has 0 aliphatic rings. The van der Waals surface area contributed by atoms with Crippen LogP contribution in [0.5, 0.6) is 0 Å². The predicted octanol–water partition coefficient (Wildman–Crippen LogP) is 0.580. The molecule has 0 atom stereocenters. The first kappa shape index (κ1) is 17.2. The van der Waals surface area contributed by atoms with Crippen LogP contribution in [0.4, 0.5) is 5.69 Å². The Morgan fingerprint density at radius 3 is 2.20 bits per heavy atom. The highest BCUT2D eigenvalue weighted by Gasteiger charge is 2.17. The van der Waals surface area contributed by atoms with Crippen LogP contribution >= 0.6 is 0 Å². The van der Waals surface area contributed by atoms with Crippen LogP contribution in [0.1, 0.15) is 0 Å². The van der Waals surface area contributed by atoms with Gasteiger partial charge in [0.25, 0.3) is 10.0 Å². The van der Waals surface area contributed by atoms with Crippen LogP contribution in [-0.2, 0) is 27.1 Å². The van der Waals surface area contributed by atoms with Crippen LogP contribution in [0, 0.1) is 0 Å². The summed E-state index contributed by atoms with van der Waals surface area (Å²) in [5.41, 5.74) is 0.753. The third-order valence-electron chi connectivity index (χ3n) is 3.51. The molecule has 0 aliphatic carbocycles. The summed E-state index contributed by atoms with van der Waals surface area (Å²) in [5, 5.41) is 4.99. The molecule has 3 aromatic rings. The summed E-state index contributed by atoms with van der Waals surface area (Å²) in [6.07, 6.45) is 0. The maximum Gasteiger partial charge on any atom is 0.419 e. The number of nitrogens with two attached hydrogens (primary N) is 1. The maximum atomic E-state index is 12.4. The number of aryl methyl sites for hydroxylation is 1. The fraction of sp³-hybridized carbons (Fsp3) is 0.0714. The highest BCUT2D eigenvalue weighted by Crippen LogP contribution is 2.21. The number of nitrogens with one attached hydrogen (secondary N) is 1. The van der Waals surface area contributed by atoms with Gasteiger partial charge >= 0.3 is 5.76 Å². The Kier molecular flexibility index (Phi) is 3.94. The van der Waals surface area contributed by atoms with Crippen LogP contribution in [0.2, 0.25) is 0 Å². The first-order chi connectivity index (χ1) is 11.6. The molecule has 0 saturated heterocycles. The SMILES string of the molecule is Cn1c(=O)oc2cc(S(=O)(=O)Nc3ccc(S(N)(=O)=O)cc3)ccc21. The zero-order valence-electron chi connectivity index (χ0n) is 12.8. The largest absolute Gasteiger partial charge is 0.419 e.